The van der Waals surface area contributed by atoms with Gasteiger partial charge in [-0.1, -0.05) is 213 Å². The summed E-state index contributed by atoms with van der Waals surface area (Å²) in [6, 6.07) is 85.4. The molecule has 3 heteroatoms. The molecule has 0 fully saturated rings. The van der Waals surface area contributed by atoms with Gasteiger partial charge in [0.2, 0.25) is 0 Å². The van der Waals surface area contributed by atoms with Crippen LogP contribution in [0.1, 0.15) is 0 Å². The summed E-state index contributed by atoms with van der Waals surface area (Å²) in [4.78, 5) is 10.3. The van der Waals surface area contributed by atoms with Gasteiger partial charge < -0.3 is 0 Å². The monoisotopic (exact) mass is 806 g/mol. The Morgan fingerprint density at radius 3 is 1.31 bits per heavy atom. The average molecular weight is 807 g/mol. The molecule has 1 aromatic heterocycles. The highest BCUT2D eigenvalue weighted by atomic mass is 28.3. The van der Waals surface area contributed by atoms with Crippen LogP contribution in [0.15, 0.2) is 237 Å². The Labute approximate surface area is 364 Å². The van der Waals surface area contributed by atoms with E-state index in [1.165, 1.54) is 54.5 Å². The predicted octanol–water partition coefficient (Wildman–Crippen LogP) is 13.2. The fourth-order valence-corrected chi connectivity index (χ4v) is 13.4. The van der Waals surface area contributed by atoms with E-state index in [1.807, 2.05) is 12.1 Å². The average Bonchev–Trinajstić information content (AvgIpc) is 3.62. The third kappa shape index (κ3) is 6.79. The first-order valence-corrected chi connectivity index (χ1v) is 23.8. The maximum atomic E-state index is 5.17. The van der Waals surface area contributed by atoms with Crippen LogP contribution >= 0.6 is 0 Å². The van der Waals surface area contributed by atoms with Crippen molar-refractivity contribution in [2.45, 2.75) is 6.55 Å². The highest BCUT2D eigenvalue weighted by Gasteiger charge is 2.42. The lowest BCUT2D eigenvalue weighted by Gasteiger charge is -2.25. The minimum Gasteiger partial charge on any atom is -0.228 e. The molecule has 0 saturated carbocycles. The first-order valence-electron chi connectivity index (χ1n) is 21.3. The van der Waals surface area contributed by atoms with Crippen LogP contribution in [0.4, 0.5) is 0 Å². The van der Waals surface area contributed by atoms with Gasteiger partial charge in [-0.25, -0.2) is 9.97 Å². The number of hydrogen-bond acceptors (Lipinski definition) is 2. The summed E-state index contributed by atoms with van der Waals surface area (Å²) in [5.74, 6) is 0.700. The van der Waals surface area contributed by atoms with Gasteiger partial charge in [-0.15, -0.1) is 0 Å². The Balaban J connectivity index is 0.903. The number of rotatable bonds is 8. The van der Waals surface area contributed by atoms with E-state index in [2.05, 4.69) is 231 Å². The van der Waals surface area contributed by atoms with Crippen molar-refractivity contribution in [1.82, 2.24) is 9.97 Å². The molecular formula is C59H42N2Si. The highest BCUT2D eigenvalue weighted by molar-refractivity contribution is 7.13. The zero-order valence-corrected chi connectivity index (χ0v) is 35.4. The van der Waals surface area contributed by atoms with Crippen molar-refractivity contribution in [3.63, 3.8) is 0 Å². The first-order chi connectivity index (χ1) is 30.6. The zero-order chi connectivity index (χ0) is 41.5. The van der Waals surface area contributed by atoms with Gasteiger partial charge in [-0.05, 0) is 102 Å². The SMILES string of the molecule is C[Si]1(c2ccccc2)c2ccccc2-c2cc(-c3cccc(-c4cccc(-c5ccc(-c6nc(-c7ccccc7)cc(-c7cccc(-c8ccccc8)c7)n6)cc5)c4)c3)ccc21. The van der Waals surface area contributed by atoms with Crippen LogP contribution in [0.3, 0.4) is 0 Å². The van der Waals surface area contributed by atoms with Gasteiger partial charge in [0.15, 0.2) is 5.82 Å². The molecule has 1 unspecified atom stereocenters. The molecule has 62 heavy (non-hydrogen) atoms. The van der Waals surface area contributed by atoms with Gasteiger partial charge in [-0.3, -0.25) is 0 Å². The Hall–Kier alpha value is -7.72. The van der Waals surface area contributed by atoms with E-state index in [9.17, 15) is 0 Å². The molecule has 9 aromatic carbocycles. The third-order valence-corrected chi connectivity index (χ3v) is 17.1. The van der Waals surface area contributed by atoms with Crippen LogP contribution in [0.5, 0.6) is 0 Å². The molecule has 2 heterocycles. The molecule has 1 aliphatic heterocycles. The molecule has 2 nitrogen and oxygen atoms in total. The normalized spacial score (nSPS) is 14.0. The van der Waals surface area contributed by atoms with Crippen LogP contribution in [-0.2, 0) is 0 Å². The Morgan fingerprint density at radius 1 is 0.274 bits per heavy atom. The molecule has 0 bridgehead atoms. The van der Waals surface area contributed by atoms with Crippen molar-refractivity contribution < 1.29 is 0 Å². The van der Waals surface area contributed by atoms with Crippen LogP contribution in [0.25, 0.3) is 89.5 Å². The second-order valence-electron chi connectivity index (χ2n) is 16.3. The number of benzene rings is 9. The van der Waals surface area contributed by atoms with Gasteiger partial charge in [0, 0.05) is 16.7 Å². The maximum Gasteiger partial charge on any atom is 0.160 e. The van der Waals surface area contributed by atoms with Crippen LogP contribution in [0, 0.1) is 0 Å². The molecule has 292 valence electrons. The number of nitrogens with zero attached hydrogens (tertiary/aromatic N) is 2. The van der Waals surface area contributed by atoms with Crippen molar-refractivity contribution in [2.24, 2.45) is 0 Å². The molecule has 0 N–H and O–H groups in total. The molecule has 0 radical (unpaired) electrons. The molecule has 0 saturated heterocycles. The summed E-state index contributed by atoms with van der Waals surface area (Å²) in [5, 5.41) is 4.45. The van der Waals surface area contributed by atoms with Crippen molar-refractivity contribution >= 4 is 23.6 Å². The molecule has 0 aliphatic carbocycles. The van der Waals surface area contributed by atoms with E-state index >= 15 is 0 Å². The Kier molecular flexibility index (Phi) is 9.45. The molecular weight excluding hydrogens is 765 g/mol. The number of hydrogen-bond donors (Lipinski definition) is 0. The summed E-state index contributed by atoms with van der Waals surface area (Å²) >= 11 is 0. The van der Waals surface area contributed by atoms with E-state index in [1.54, 1.807) is 0 Å². The topological polar surface area (TPSA) is 25.8 Å². The predicted molar refractivity (Wildman–Crippen MR) is 262 cm³/mol. The second-order valence-corrected chi connectivity index (χ2v) is 20.2. The van der Waals surface area contributed by atoms with Gasteiger partial charge in [-0.2, -0.15) is 0 Å². The van der Waals surface area contributed by atoms with Crippen LogP contribution in [-0.4, -0.2) is 18.0 Å². The zero-order valence-electron chi connectivity index (χ0n) is 34.4. The van der Waals surface area contributed by atoms with E-state index in [0.717, 1.165) is 44.8 Å². The van der Waals surface area contributed by atoms with Crippen molar-refractivity contribution in [3.8, 4) is 89.5 Å². The van der Waals surface area contributed by atoms with E-state index in [-0.39, 0.29) is 0 Å². The maximum absolute atomic E-state index is 5.17. The second kappa shape index (κ2) is 15.7. The van der Waals surface area contributed by atoms with Gasteiger partial charge in [0.25, 0.3) is 0 Å². The minimum atomic E-state index is -2.11. The largest absolute Gasteiger partial charge is 0.228 e. The Morgan fingerprint density at radius 2 is 0.677 bits per heavy atom. The summed E-state index contributed by atoms with van der Waals surface area (Å²) in [6.45, 7) is 2.51. The third-order valence-electron chi connectivity index (χ3n) is 12.6. The minimum absolute atomic E-state index is 0.700. The molecule has 10 aromatic rings. The lowest BCUT2D eigenvalue weighted by molar-refractivity contribution is 1.18. The lowest BCUT2D eigenvalue weighted by atomic mass is 9.94. The summed E-state index contributed by atoms with van der Waals surface area (Å²) in [5.41, 5.74) is 17.1. The highest BCUT2D eigenvalue weighted by Crippen LogP contribution is 2.36. The van der Waals surface area contributed by atoms with Crippen molar-refractivity contribution in [2.75, 3.05) is 0 Å². The number of fused-ring (bicyclic) bond motifs is 3. The van der Waals surface area contributed by atoms with Gasteiger partial charge in [0.05, 0.1) is 11.4 Å². The molecule has 1 aliphatic rings. The first kappa shape index (κ1) is 37.3. The smallest absolute Gasteiger partial charge is 0.160 e. The fourth-order valence-electron chi connectivity index (χ4n) is 9.30. The standard InChI is InChI=1S/C59H42N2Si/c1-62(52-26-9-4-10-27-52)57-29-12-11-28-53(57)54-39-50(34-35-58(54)62)49-24-14-23-48(37-49)47-22-13-20-45(36-47)42-30-32-44(33-31-42)59-60-55(43-18-7-3-8-19-43)40-56(61-59)51-25-15-21-46(38-51)41-16-5-2-6-17-41/h2-40H,1H3. The molecule has 1 atom stereocenters. The lowest BCUT2D eigenvalue weighted by Crippen LogP contribution is -2.62. The van der Waals surface area contributed by atoms with Gasteiger partial charge >= 0.3 is 0 Å². The van der Waals surface area contributed by atoms with E-state index < -0.39 is 8.07 Å². The molecule has 0 amide bonds. The molecule has 0 spiro atoms. The van der Waals surface area contributed by atoms with Crippen molar-refractivity contribution in [3.05, 3.63) is 237 Å². The molecule has 11 rings (SSSR count). The number of aromatic nitrogens is 2. The van der Waals surface area contributed by atoms with E-state index in [0.29, 0.717) is 5.82 Å². The quantitative estimate of drug-likeness (QED) is 0.143. The van der Waals surface area contributed by atoms with E-state index in [4.69, 9.17) is 9.97 Å². The summed E-state index contributed by atoms with van der Waals surface area (Å²) < 4.78 is 0. The van der Waals surface area contributed by atoms with Gasteiger partial charge in [0.1, 0.15) is 8.07 Å². The Bertz CT molecular complexity index is 3230. The van der Waals surface area contributed by atoms with Crippen LogP contribution in [0.2, 0.25) is 6.55 Å². The fraction of sp³-hybridized carbons (Fsp3) is 0.0169. The summed E-state index contributed by atoms with van der Waals surface area (Å²) in [7, 11) is -2.11. The van der Waals surface area contributed by atoms with Crippen molar-refractivity contribution in [1.29, 1.82) is 0 Å². The summed E-state index contributed by atoms with van der Waals surface area (Å²) in [6.07, 6.45) is 0. The van der Waals surface area contributed by atoms with Crippen LogP contribution < -0.4 is 15.6 Å².